The minimum absolute atomic E-state index is 0.0410. The van der Waals surface area contributed by atoms with Gasteiger partial charge in [-0.1, -0.05) is 34.6 Å². The van der Waals surface area contributed by atoms with E-state index < -0.39 is 65.8 Å². The van der Waals surface area contributed by atoms with Crippen molar-refractivity contribution in [3.05, 3.63) is 0 Å². The van der Waals surface area contributed by atoms with Gasteiger partial charge in [0.05, 0.1) is 0 Å². The normalized spacial score (nSPS) is 18.5. The Morgan fingerprint density at radius 3 is 1.44 bits per heavy atom. The van der Waals surface area contributed by atoms with Crippen LogP contribution in [0.5, 0.6) is 0 Å². The Morgan fingerprint density at radius 2 is 1.00 bits per heavy atom. The Hall–Kier alpha value is -3.71. The van der Waals surface area contributed by atoms with Gasteiger partial charge in [0.1, 0.15) is 36.3 Å². The highest BCUT2D eigenvalue weighted by atomic mass is 16.2. The first-order valence-electron chi connectivity index (χ1n) is 18.1. The van der Waals surface area contributed by atoms with Crippen LogP contribution in [0.2, 0.25) is 0 Å². The molecule has 2 rings (SSSR count). The number of primary amides is 1. The van der Waals surface area contributed by atoms with E-state index in [2.05, 4.69) is 10.6 Å². The quantitative estimate of drug-likeness (QED) is 0.181. The number of carbonyl (C=O) groups is 7. The van der Waals surface area contributed by atoms with Gasteiger partial charge in [0.25, 0.3) is 0 Å². The van der Waals surface area contributed by atoms with Gasteiger partial charge in [0, 0.05) is 34.1 Å². The maximum atomic E-state index is 13.9. The number of rotatable bonds is 19. The predicted molar refractivity (Wildman–Crippen MR) is 190 cm³/mol. The number of hydrogen-bond acceptors (Lipinski definition) is 7. The molecule has 284 valence electrons. The fraction of sp³-hybridized carbons (Fsp3) is 0.806. The molecular formula is C36H63N7O7. The fourth-order valence-electron chi connectivity index (χ4n) is 6.12. The summed E-state index contributed by atoms with van der Waals surface area (Å²) >= 11 is 0. The molecule has 14 heteroatoms. The molecule has 7 amide bonds. The van der Waals surface area contributed by atoms with Crippen LogP contribution in [0, 0.1) is 29.6 Å². The minimum atomic E-state index is -0.980. The molecule has 0 bridgehead atoms. The van der Waals surface area contributed by atoms with E-state index in [9.17, 15) is 33.6 Å². The summed E-state index contributed by atoms with van der Waals surface area (Å²) in [6.07, 6.45) is 4.14. The highest BCUT2D eigenvalue weighted by molar-refractivity contribution is 5.97. The van der Waals surface area contributed by atoms with Gasteiger partial charge in [-0.2, -0.15) is 0 Å². The van der Waals surface area contributed by atoms with Gasteiger partial charge >= 0.3 is 0 Å². The van der Waals surface area contributed by atoms with Crippen molar-refractivity contribution < 1.29 is 33.6 Å². The zero-order valence-corrected chi connectivity index (χ0v) is 32.3. The largest absolute Gasteiger partial charge is 0.368 e. The summed E-state index contributed by atoms with van der Waals surface area (Å²) in [6, 6.07) is -5.41. The van der Waals surface area contributed by atoms with Crippen LogP contribution in [0.4, 0.5) is 0 Å². The summed E-state index contributed by atoms with van der Waals surface area (Å²) < 4.78 is 0. The lowest BCUT2D eigenvalue weighted by molar-refractivity contribution is -0.150. The summed E-state index contributed by atoms with van der Waals surface area (Å²) in [5.74, 6) is -2.93. The summed E-state index contributed by atoms with van der Waals surface area (Å²) in [5, 5.41) is 5.53. The van der Waals surface area contributed by atoms with Gasteiger partial charge in [-0.3, -0.25) is 33.6 Å². The van der Waals surface area contributed by atoms with Gasteiger partial charge in [-0.05, 0) is 83.0 Å². The van der Waals surface area contributed by atoms with Crippen LogP contribution in [0.1, 0.15) is 93.9 Å². The number of hydrogen-bond donors (Lipinski definition) is 3. The lowest BCUT2D eigenvalue weighted by atomic mass is 9.99. The van der Waals surface area contributed by atoms with Crippen LogP contribution >= 0.6 is 0 Å². The maximum Gasteiger partial charge on any atom is 0.245 e. The predicted octanol–water partition coefficient (Wildman–Crippen LogP) is 1.36. The second kappa shape index (κ2) is 18.0. The zero-order valence-electron chi connectivity index (χ0n) is 32.3. The van der Waals surface area contributed by atoms with E-state index >= 15 is 0 Å². The topological polar surface area (TPSA) is 183 Å². The first-order chi connectivity index (χ1) is 23.1. The fourth-order valence-corrected chi connectivity index (χ4v) is 6.12. The summed E-state index contributed by atoms with van der Waals surface area (Å²) in [5.41, 5.74) is 5.47. The molecule has 0 aromatic rings. The smallest absolute Gasteiger partial charge is 0.245 e. The minimum Gasteiger partial charge on any atom is -0.368 e. The molecule has 0 heterocycles. The Balaban J connectivity index is 2.16. The molecule has 2 fully saturated rings. The van der Waals surface area contributed by atoms with Crippen molar-refractivity contribution in [2.24, 2.45) is 35.3 Å². The molecule has 4 N–H and O–H groups in total. The number of likely N-dealkylation sites (N-methyl/N-ethyl adjacent to an activating group) is 4. The van der Waals surface area contributed by atoms with Crippen molar-refractivity contribution in [1.82, 2.24) is 30.2 Å². The van der Waals surface area contributed by atoms with E-state index in [1.165, 1.54) is 40.6 Å². The first-order valence-corrected chi connectivity index (χ1v) is 18.1. The molecular weight excluding hydrogens is 642 g/mol. The zero-order chi connectivity index (χ0) is 38.4. The molecule has 2 aliphatic rings. The van der Waals surface area contributed by atoms with Crippen LogP contribution < -0.4 is 16.4 Å². The van der Waals surface area contributed by atoms with E-state index in [0.29, 0.717) is 31.6 Å². The SMILES string of the molecule is CC(C)C[C@@H](NC(=O)[C@@H](C)N(C)C(=O)[C@H](C)N(C)C(=O)[C@@H](NC(=O)[C@H](CC(C)C)N(C)C(=O)[C@H](C)N(C)C(=O)[C@H](C)C1CC1)C1CC1)C(N)=O. The molecule has 2 saturated carbocycles. The molecule has 50 heavy (non-hydrogen) atoms. The third-order valence-corrected chi connectivity index (χ3v) is 10.4. The van der Waals surface area contributed by atoms with E-state index in [0.717, 1.165) is 12.8 Å². The van der Waals surface area contributed by atoms with Gasteiger partial charge in [0.2, 0.25) is 41.4 Å². The van der Waals surface area contributed by atoms with Crippen LogP contribution in [0.3, 0.4) is 0 Å². The number of carbonyl (C=O) groups excluding carboxylic acids is 7. The van der Waals surface area contributed by atoms with Crippen molar-refractivity contribution in [2.75, 3.05) is 28.2 Å². The van der Waals surface area contributed by atoms with E-state index in [1.807, 2.05) is 34.6 Å². The Kier molecular flexibility index (Phi) is 15.3. The standard InChI is InChI=1S/C36H63N7O7/c1-19(2)17-27(30(37)44)38-31(45)22(6)40(9)34(48)23(7)42(11)36(50)29(26-15-16-26)39-32(46)28(18-20(3)4)43(12)35(49)24(8)41(10)33(47)21(5)25-13-14-25/h19-29H,13-18H2,1-12H3,(H2,37,44)(H,38,45)(H,39,46)/t21-,22-,23+,24+,27-,28+,29+/m1/s1. The average Bonchev–Trinajstić information content (AvgIpc) is 3.99. The highest BCUT2D eigenvalue weighted by Crippen LogP contribution is 2.37. The Bertz CT molecular complexity index is 1270. The van der Waals surface area contributed by atoms with Gasteiger partial charge in [-0.15, -0.1) is 0 Å². The lowest BCUT2D eigenvalue weighted by Crippen LogP contribution is -2.60. The number of nitrogens with two attached hydrogens (primary N) is 1. The summed E-state index contributed by atoms with van der Waals surface area (Å²) in [4.78, 5) is 98.1. The molecule has 14 nitrogen and oxygen atoms in total. The number of nitrogens with zero attached hydrogens (tertiary/aromatic N) is 4. The van der Waals surface area contributed by atoms with Crippen molar-refractivity contribution in [1.29, 1.82) is 0 Å². The first kappa shape index (κ1) is 42.5. The van der Waals surface area contributed by atoms with Gasteiger partial charge in [0.15, 0.2) is 0 Å². The molecule has 0 unspecified atom stereocenters. The summed E-state index contributed by atoms with van der Waals surface area (Å²) in [7, 11) is 6.10. The molecule has 7 atom stereocenters. The van der Waals surface area contributed by atoms with Gasteiger partial charge < -0.3 is 36.0 Å². The van der Waals surface area contributed by atoms with Crippen LogP contribution in [0.25, 0.3) is 0 Å². The van der Waals surface area contributed by atoms with E-state index in [1.54, 1.807) is 27.9 Å². The summed E-state index contributed by atoms with van der Waals surface area (Å²) in [6.45, 7) is 14.3. The van der Waals surface area contributed by atoms with E-state index in [-0.39, 0.29) is 35.5 Å². The number of amides is 7. The maximum absolute atomic E-state index is 13.9. The molecule has 0 aromatic heterocycles. The molecule has 0 spiro atoms. The average molecular weight is 706 g/mol. The molecule has 0 aromatic carbocycles. The van der Waals surface area contributed by atoms with Crippen molar-refractivity contribution in [3.63, 3.8) is 0 Å². The van der Waals surface area contributed by atoms with Crippen LogP contribution in [0.15, 0.2) is 0 Å². The Morgan fingerprint density at radius 1 is 0.560 bits per heavy atom. The van der Waals surface area contributed by atoms with Crippen molar-refractivity contribution in [2.45, 2.75) is 130 Å². The monoisotopic (exact) mass is 705 g/mol. The molecule has 2 aliphatic carbocycles. The lowest BCUT2D eigenvalue weighted by Gasteiger charge is -2.36. The number of nitrogens with one attached hydrogen (secondary N) is 2. The molecule has 0 saturated heterocycles. The van der Waals surface area contributed by atoms with Crippen molar-refractivity contribution >= 4 is 41.4 Å². The molecule has 0 radical (unpaired) electrons. The molecule has 0 aliphatic heterocycles. The highest BCUT2D eigenvalue weighted by Gasteiger charge is 2.43. The van der Waals surface area contributed by atoms with Crippen LogP contribution in [-0.2, 0) is 33.6 Å². The van der Waals surface area contributed by atoms with Gasteiger partial charge in [-0.25, -0.2) is 0 Å². The van der Waals surface area contributed by atoms with E-state index in [4.69, 9.17) is 5.73 Å². The third kappa shape index (κ3) is 11.1. The second-order valence-electron chi connectivity index (χ2n) is 15.5. The second-order valence-corrected chi connectivity index (χ2v) is 15.5. The van der Waals surface area contributed by atoms with Crippen LogP contribution in [-0.4, -0.2) is 125 Å². The third-order valence-electron chi connectivity index (χ3n) is 10.4. The Labute approximate surface area is 298 Å². The van der Waals surface area contributed by atoms with Crippen molar-refractivity contribution in [3.8, 4) is 0 Å².